The van der Waals surface area contributed by atoms with Crippen LogP contribution in [0.5, 0.6) is 0 Å². The first-order valence-electron chi connectivity index (χ1n) is 19.7. The van der Waals surface area contributed by atoms with E-state index in [0.29, 0.717) is 19.0 Å². The van der Waals surface area contributed by atoms with E-state index in [0.717, 1.165) is 88.5 Å². The molecule has 3 heterocycles. The van der Waals surface area contributed by atoms with Crippen LogP contribution in [0.15, 0.2) is 140 Å². The van der Waals surface area contributed by atoms with Crippen LogP contribution in [0.2, 0.25) is 0 Å². The van der Waals surface area contributed by atoms with E-state index in [-0.39, 0.29) is 5.97 Å². The van der Waals surface area contributed by atoms with E-state index in [1.807, 2.05) is 35.9 Å². The minimum atomic E-state index is -0.867. The first kappa shape index (κ1) is 36.8. The average Bonchev–Trinajstić information content (AvgIpc) is 3.88. The SMILES string of the molecule is CCCc1nc2c(n1Cc1ccc(-c3ccccc3-c3nnnn3C(c3ccccc3)(c3ccccc3)c3ccccc3)cc1)C(C(=O)OCC)N(CC)CC2. The maximum atomic E-state index is 13.4. The summed E-state index contributed by atoms with van der Waals surface area (Å²) in [6.07, 6.45) is 2.62. The van der Waals surface area contributed by atoms with Crippen LogP contribution < -0.4 is 0 Å². The maximum absolute atomic E-state index is 13.4. The highest BCUT2D eigenvalue weighted by Crippen LogP contribution is 2.43. The summed E-state index contributed by atoms with van der Waals surface area (Å²) in [6.45, 7) is 8.65. The predicted molar refractivity (Wildman–Crippen MR) is 219 cm³/mol. The number of esters is 1. The maximum Gasteiger partial charge on any atom is 0.329 e. The number of likely N-dealkylation sites (N-methyl/N-ethyl adjacent to an activating group) is 1. The summed E-state index contributed by atoms with van der Waals surface area (Å²) in [4.78, 5) is 20.8. The molecule has 0 saturated heterocycles. The van der Waals surface area contributed by atoms with Crippen molar-refractivity contribution in [3.05, 3.63) is 179 Å². The Hall–Kier alpha value is -6.19. The van der Waals surface area contributed by atoms with Crippen LogP contribution in [0.4, 0.5) is 0 Å². The molecule has 8 rings (SSSR count). The second-order valence-corrected chi connectivity index (χ2v) is 14.2. The topological polar surface area (TPSA) is 91.0 Å². The molecule has 1 unspecified atom stereocenters. The summed E-state index contributed by atoms with van der Waals surface area (Å²) in [5.74, 6) is 1.47. The van der Waals surface area contributed by atoms with Crippen LogP contribution in [0.3, 0.4) is 0 Å². The van der Waals surface area contributed by atoms with Gasteiger partial charge in [0.15, 0.2) is 11.9 Å². The van der Waals surface area contributed by atoms with Gasteiger partial charge in [-0.3, -0.25) is 4.90 Å². The zero-order valence-corrected chi connectivity index (χ0v) is 32.3. The Morgan fingerprint density at radius 1 is 0.750 bits per heavy atom. The van der Waals surface area contributed by atoms with Gasteiger partial charge in [-0.1, -0.05) is 153 Å². The van der Waals surface area contributed by atoms with Crippen molar-refractivity contribution in [2.24, 2.45) is 0 Å². The molecule has 7 aromatic rings. The number of tetrazole rings is 1. The van der Waals surface area contributed by atoms with Crippen molar-refractivity contribution in [3.63, 3.8) is 0 Å². The lowest BCUT2D eigenvalue weighted by Crippen LogP contribution is -2.41. The number of carbonyl (C=O) groups is 1. The first-order valence-corrected chi connectivity index (χ1v) is 19.7. The molecule has 282 valence electrons. The number of imidazole rings is 1. The van der Waals surface area contributed by atoms with Crippen molar-refractivity contribution in [1.29, 1.82) is 0 Å². The number of ether oxygens (including phenoxy) is 1. The molecule has 9 nitrogen and oxygen atoms in total. The number of rotatable bonds is 13. The number of carbonyl (C=O) groups excluding carboxylic acids is 1. The second-order valence-electron chi connectivity index (χ2n) is 14.2. The quantitative estimate of drug-likeness (QED) is 0.0865. The van der Waals surface area contributed by atoms with Crippen molar-refractivity contribution in [3.8, 4) is 22.5 Å². The van der Waals surface area contributed by atoms with E-state index in [1.165, 1.54) is 0 Å². The Kier molecular flexibility index (Phi) is 10.7. The fourth-order valence-corrected chi connectivity index (χ4v) is 8.41. The molecule has 0 saturated carbocycles. The van der Waals surface area contributed by atoms with E-state index in [4.69, 9.17) is 20.0 Å². The summed E-state index contributed by atoms with van der Waals surface area (Å²) in [5, 5.41) is 13.9. The zero-order valence-electron chi connectivity index (χ0n) is 32.3. The second kappa shape index (κ2) is 16.3. The summed E-state index contributed by atoms with van der Waals surface area (Å²) in [5.41, 5.74) is 8.37. The monoisotopic (exact) mass is 741 g/mol. The third kappa shape index (κ3) is 6.62. The van der Waals surface area contributed by atoms with Crippen molar-refractivity contribution in [1.82, 2.24) is 34.7 Å². The molecule has 56 heavy (non-hydrogen) atoms. The van der Waals surface area contributed by atoms with Gasteiger partial charge in [-0.2, -0.15) is 0 Å². The summed E-state index contributed by atoms with van der Waals surface area (Å²) in [6, 6.07) is 48.0. The molecular formula is C47H47N7O2. The number of hydrogen-bond donors (Lipinski definition) is 0. The van der Waals surface area contributed by atoms with E-state index in [2.05, 4.69) is 144 Å². The molecule has 0 spiro atoms. The molecule has 1 aliphatic rings. The van der Waals surface area contributed by atoms with Crippen LogP contribution in [0.25, 0.3) is 22.5 Å². The standard InChI is InChI=1S/C47H47N7O2/c1-4-18-42-48-41-31-32-52(5-2)44(46(55)56-6-3)43(41)53(42)33-34-27-29-35(30-28-34)39-25-16-17-26-40(39)45-49-50-51-54(45)47(36-19-10-7-11-20-36,37-21-12-8-13-22-37)38-23-14-9-15-24-38/h7-17,19-30,44H,4-6,18,31-33H2,1-3H3. The molecule has 0 N–H and O–H groups in total. The predicted octanol–water partition coefficient (Wildman–Crippen LogP) is 8.53. The van der Waals surface area contributed by atoms with Gasteiger partial charge in [0.1, 0.15) is 11.4 Å². The third-order valence-corrected chi connectivity index (χ3v) is 10.9. The number of fused-ring (bicyclic) bond motifs is 1. The number of hydrogen-bond acceptors (Lipinski definition) is 7. The largest absolute Gasteiger partial charge is 0.465 e. The van der Waals surface area contributed by atoms with Gasteiger partial charge in [0.2, 0.25) is 0 Å². The Balaban J connectivity index is 1.21. The Morgan fingerprint density at radius 2 is 1.34 bits per heavy atom. The van der Waals surface area contributed by atoms with Crippen LogP contribution in [-0.4, -0.2) is 60.3 Å². The summed E-state index contributed by atoms with van der Waals surface area (Å²) in [7, 11) is 0. The molecule has 0 amide bonds. The first-order chi connectivity index (χ1) is 27.6. The van der Waals surface area contributed by atoms with Gasteiger partial charge in [0.25, 0.3) is 0 Å². The van der Waals surface area contributed by atoms with E-state index in [1.54, 1.807) is 0 Å². The minimum Gasteiger partial charge on any atom is -0.465 e. The van der Waals surface area contributed by atoms with Crippen LogP contribution in [0, 0.1) is 0 Å². The molecule has 1 atom stereocenters. The Labute approximate surface area is 328 Å². The van der Waals surface area contributed by atoms with Crippen molar-refractivity contribution in [2.45, 2.75) is 58.2 Å². The highest BCUT2D eigenvalue weighted by Gasteiger charge is 2.42. The van der Waals surface area contributed by atoms with Crippen molar-refractivity contribution < 1.29 is 9.53 Å². The normalized spacial score (nSPS) is 14.4. The molecule has 0 fully saturated rings. The third-order valence-electron chi connectivity index (χ3n) is 10.9. The van der Waals surface area contributed by atoms with Crippen LogP contribution in [-0.2, 0) is 34.5 Å². The van der Waals surface area contributed by atoms with E-state index >= 15 is 0 Å². The molecular weight excluding hydrogens is 695 g/mol. The van der Waals surface area contributed by atoms with Gasteiger partial charge in [0.05, 0.1) is 18.0 Å². The van der Waals surface area contributed by atoms with Gasteiger partial charge in [-0.05, 0) is 63.7 Å². The van der Waals surface area contributed by atoms with Crippen molar-refractivity contribution in [2.75, 3.05) is 19.7 Å². The molecule has 9 heteroatoms. The molecule has 0 radical (unpaired) electrons. The fourth-order valence-electron chi connectivity index (χ4n) is 8.41. The fraction of sp³-hybridized carbons (Fsp3) is 0.255. The van der Waals surface area contributed by atoms with Gasteiger partial charge < -0.3 is 9.30 Å². The lowest BCUT2D eigenvalue weighted by atomic mass is 9.77. The zero-order chi connectivity index (χ0) is 38.5. The van der Waals surface area contributed by atoms with Gasteiger partial charge in [-0.15, -0.1) is 5.10 Å². The molecule has 0 bridgehead atoms. The molecule has 0 aliphatic carbocycles. The molecule has 2 aromatic heterocycles. The average molecular weight is 742 g/mol. The summed E-state index contributed by atoms with van der Waals surface area (Å²) >= 11 is 0. The van der Waals surface area contributed by atoms with Crippen LogP contribution in [0.1, 0.15) is 72.7 Å². The van der Waals surface area contributed by atoms with Gasteiger partial charge in [-0.25, -0.2) is 14.5 Å². The number of aryl methyl sites for hydroxylation is 1. The Bertz CT molecular complexity index is 2290. The number of aromatic nitrogens is 6. The number of benzene rings is 5. The highest BCUT2D eigenvalue weighted by atomic mass is 16.5. The van der Waals surface area contributed by atoms with Gasteiger partial charge >= 0.3 is 5.97 Å². The minimum absolute atomic E-state index is 0.204. The van der Waals surface area contributed by atoms with Crippen molar-refractivity contribution >= 4 is 5.97 Å². The molecule has 5 aromatic carbocycles. The van der Waals surface area contributed by atoms with E-state index in [9.17, 15) is 4.79 Å². The molecule has 1 aliphatic heterocycles. The highest BCUT2D eigenvalue weighted by molar-refractivity contribution is 5.81. The number of nitrogens with zero attached hydrogens (tertiary/aromatic N) is 7. The smallest absolute Gasteiger partial charge is 0.329 e. The summed E-state index contributed by atoms with van der Waals surface area (Å²) < 4.78 is 9.88. The lowest BCUT2D eigenvalue weighted by molar-refractivity contribution is -0.150. The van der Waals surface area contributed by atoms with Crippen LogP contribution >= 0.6 is 0 Å². The Morgan fingerprint density at radius 3 is 1.91 bits per heavy atom. The lowest BCUT2D eigenvalue weighted by Gasteiger charge is -2.36. The van der Waals surface area contributed by atoms with Gasteiger partial charge in [0, 0.05) is 31.5 Å². The van der Waals surface area contributed by atoms with E-state index < -0.39 is 11.6 Å².